The van der Waals surface area contributed by atoms with Gasteiger partial charge in [-0.05, 0) is 43.0 Å². The molecule has 126 valence electrons. The molecule has 0 aliphatic carbocycles. The number of carbonyl (C=O) groups is 1. The molecule has 0 bridgehead atoms. The van der Waals surface area contributed by atoms with Crippen LogP contribution in [0.15, 0.2) is 30.3 Å². The summed E-state index contributed by atoms with van der Waals surface area (Å²) in [5.41, 5.74) is 0.612. The van der Waals surface area contributed by atoms with Gasteiger partial charge in [0.15, 0.2) is 0 Å². The second-order valence-corrected chi connectivity index (χ2v) is 7.52. The Kier molecular flexibility index (Phi) is 5.90. The van der Waals surface area contributed by atoms with Gasteiger partial charge in [0.2, 0.25) is 15.9 Å². The van der Waals surface area contributed by atoms with Gasteiger partial charge in [-0.2, -0.15) is 0 Å². The topological polar surface area (TPSA) is 66.5 Å². The van der Waals surface area contributed by atoms with E-state index in [9.17, 15) is 17.6 Å². The quantitative estimate of drug-likeness (QED) is 0.831. The Morgan fingerprint density at radius 1 is 1.43 bits per heavy atom. The van der Waals surface area contributed by atoms with Crippen LogP contribution >= 0.6 is 0 Å². The number of likely N-dealkylation sites (tertiary alicyclic amines) is 1. The molecule has 1 aromatic rings. The minimum atomic E-state index is -3.28. The largest absolute Gasteiger partial charge is 0.335 e. The number of carbonyl (C=O) groups excluding carboxylic acids is 1. The third kappa shape index (κ3) is 5.76. The number of hydrogen-bond acceptors (Lipinski definition) is 3. The second-order valence-electron chi connectivity index (χ2n) is 5.69. The fraction of sp³-hybridized carbons (Fsp3) is 0.438. The van der Waals surface area contributed by atoms with Crippen molar-refractivity contribution in [2.45, 2.75) is 25.3 Å². The standard InChI is InChI=1S/C16H21FN2O3S/c1-23(21,22)18-12-15-7-2-3-10-19(15)16(20)9-8-13-5-4-6-14(17)11-13/h4-6,8-9,11,15,18H,2-3,7,10,12H2,1H3/b9-8-/t15-/m0/s1. The van der Waals surface area contributed by atoms with Gasteiger partial charge in [-0.3, -0.25) is 4.79 Å². The number of sulfonamides is 1. The third-order valence-electron chi connectivity index (χ3n) is 3.76. The van der Waals surface area contributed by atoms with Gasteiger partial charge in [-0.15, -0.1) is 0 Å². The first-order chi connectivity index (χ1) is 10.8. The van der Waals surface area contributed by atoms with Gasteiger partial charge in [0.05, 0.1) is 6.26 Å². The van der Waals surface area contributed by atoms with E-state index in [1.165, 1.54) is 18.2 Å². The molecule has 0 spiro atoms. The minimum absolute atomic E-state index is 0.150. The van der Waals surface area contributed by atoms with Crippen LogP contribution in [0, 0.1) is 5.82 Å². The maximum atomic E-state index is 13.1. The van der Waals surface area contributed by atoms with Crippen LogP contribution in [0.3, 0.4) is 0 Å². The highest BCUT2D eigenvalue weighted by Crippen LogP contribution is 2.17. The molecule has 2 rings (SSSR count). The predicted molar refractivity (Wildman–Crippen MR) is 87.6 cm³/mol. The van der Waals surface area contributed by atoms with E-state index in [-0.39, 0.29) is 24.3 Å². The molecule has 0 radical (unpaired) electrons. The number of nitrogens with one attached hydrogen (secondary N) is 1. The highest BCUT2D eigenvalue weighted by atomic mass is 32.2. The molecule has 1 heterocycles. The average Bonchev–Trinajstić information content (AvgIpc) is 2.50. The fourth-order valence-corrected chi connectivity index (χ4v) is 3.12. The molecule has 23 heavy (non-hydrogen) atoms. The molecule has 1 aliphatic rings. The summed E-state index contributed by atoms with van der Waals surface area (Å²) in [7, 11) is -3.28. The highest BCUT2D eigenvalue weighted by molar-refractivity contribution is 7.88. The van der Waals surface area contributed by atoms with Crippen molar-refractivity contribution in [2.75, 3.05) is 19.3 Å². The van der Waals surface area contributed by atoms with Crippen molar-refractivity contribution in [1.82, 2.24) is 9.62 Å². The lowest BCUT2D eigenvalue weighted by atomic mass is 10.0. The van der Waals surface area contributed by atoms with E-state index >= 15 is 0 Å². The van der Waals surface area contributed by atoms with Gasteiger partial charge >= 0.3 is 0 Å². The Bertz CT molecular complexity index is 688. The van der Waals surface area contributed by atoms with Crippen molar-refractivity contribution < 1.29 is 17.6 Å². The first kappa shape index (κ1) is 17.6. The summed E-state index contributed by atoms with van der Waals surface area (Å²) in [6.07, 6.45) is 6.71. The second kappa shape index (κ2) is 7.70. The van der Waals surface area contributed by atoms with E-state index in [0.29, 0.717) is 12.1 Å². The lowest BCUT2D eigenvalue weighted by Gasteiger charge is -2.35. The molecule has 1 aliphatic heterocycles. The first-order valence-corrected chi connectivity index (χ1v) is 9.43. The van der Waals surface area contributed by atoms with Crippen LogP contribution in [0.2, 0.25) is 0 Å². The lowest BCUT2D eigenvalue weighted by Crippen LogP contribution is -2.48. The molecule has 0 unspecified atom stereocenters. The summed E-state index contributed by atoms with van der Waals surface area (Å²) < 4.78 is 38.0. The summed E-state index contributed by atoms with van der Waals surface area (Å²) in [4.78, 5) is 14.0. The van der Waals surface area contributed by atoms with Crippen molar-refractivity contribution >= 4 is 22.0 Å². The number of rotatable bonds is 5. The molecule has 0 aromatic heterocycles. The van der Waals surface area contributed by atoms with Crippen LogP contribution in [-0.4, -0.2) is 44.6 Å². The summed E-state index contributed by atoms with van der Waals surface area (Å²) in [5.74, 6) is -0.540. The molecule has 0 saturated carbocycles. The summed E-state index contributed by atoms with van der Waals surface area (Å²) >= 11 is 0. The van der Waals surface area contributed by atoms with E-state index in [4.69, 9.17) is 0 Å². The predicted octanol–water partition coefficient (Wildman–Crippen LogP) is 1.77. The van der Waals surface area contributed by atoms with Crippen LogP contribution < -0.4 is 4.72 Å². The van der Waals surface area contributed by atoms with Crippen molar-refractivity contribution in [3.63, 3.8) is 0 Å². The van der Waals surface area contributed by atoms with Crippen LogP contribution in [0.1, 0.15) is 24.8 Å². The number of piperidine rings is 1. The average molecular weight is 340 g/mol. The van der Waals surface area contributed by atoms with Crippen molar-refractivity contribution in [3.8, 4) is 0 Å². The summed E-state index contributed by atoms with van der Waals surface area (Å²) in [6.45, 7) is 0.820. The van der Waals surface area contributed by atoms with Crippen molar-refractivity contribution in [1.29, 1.82) is 0 Å². The zero-order valence-electron chi connectivity index (χ0n) is 13.0. The minimum Gasteiger partial charge on any atom is -0.335 e. The Labute approximate surface area is 136 Å². The molecular formula is C16H21FN2O3S. The molecule has 7 heteroatoms. The van der Waals surface area contributed by atoms with Crippen LogP contribution in [0.25, 0.3) is 6.08 Å². The normalized spacial score (nSPS) is 19.2. The van der Waals surface area contributed by atoms with Crippen molar-refractivity contribution in [3.05, 3.63) is 41.7 Å². The molecule has 5 nitrogen and oxygen atoms in total. The molecule has 1 atom stereocenters. The monoisotopic (exact) mass is 340 g/mol. The number of hydrogen-bond donors (Lipinski definition) is 1. The summed E-state index contributed by atoms with van der Waals surface area (Å²) in [5, 5.41) is 0. The van der Waals surface area contributed by atoms with Crippen molar-refractivity contribution in [2.24, 2.45) is 0 Å². The highest BCUT2D eigenvalue weighted by Gasteiger charge is 2.25. The molecule has 1 fully saturated rings. The van der Waals surface area contributed by atoms with Gasteiger partial charge in [-0.25, -0.2) is 17.5 Å². The number of benzene rings is 1. The van der Waals surface area contributed by atoms with Crippen LogP contribution in [-0.2, 0) is 14.8 Å². The van der Waals surface area contributed by atoms with E-state index in [0.717, 1.165) is 25.5 Å². The zero-order valence-corrected chi connectivity index (χ0v) is 13.9. The molecule has 1 aromatic carbocycles. The molecule has 1 saturated heterocycles. The van der Waals surface area contributed by atoms with Gasteiger partial charge in [-0.1, -0.05) is 12.1 Å². The van der Waals surface area contributed by atoms with Gasteiger partial charge in [0.25, 0.3) is 0 Å². The molecule has 1 amide bonds. The smallest absolute Gasteiger partial charge is 0.246 e. The van der Waals surface area contributed by atoms with E-state index in [2.05, 4.69) is 4.72 Å². The van der Waals surface area contributed by atoms with E-state index < -0.39 is 10.0 Å². The summed E-state index contributed by atoms with van der Waals surface area (Å²) in [6, 6.07) is 5.84. The zero-order chi connectivity index (χ0) is 16.9. The van der Waals surface area contributed by atoms with Gasteiger partial charge in [0.1, 0.15) is 5.82 Å². The first-order valence-electron chi connectivity index (χ1n) is 7.54. The van der Waals surface area contributed by atoms with E-state index in [1.54, 1.807) is 23.1 Å². The maximum absolute atomic E-state index is 13.1. The Balaban J connectivity index is 2.03. The SMILES string of the molecule is CS(=O)(=O)NC[C@@H]1CCCCN1C(=O)/C=C\c1cccc(F)c1. The fourth-order valence-electron chi connectivity index (χ4n) is 2.62. The van der Waals surface area contributed by atoms with Gasteiger partial charge < -0.3 is 4.90 Å². The molecule has 1 N–H and O–H groups in total. The number of halogens is 1. The Morgan fingerprint density at radius 3 is 2.91 bits per heavy atom. The maximum Gasteiger partial charge on any atom is 0.246 e. The van der Waals surface area contributed by atoms with Crippen LogP contribution in [0.5, 0.6) is 0 Å². The number of amides is 1. The Hall–Kier alpha value is -1.73. The van der Waals surface area contributed by atoms with E-state index in [1.807, 2.05) is 0 Å². The van der Waals surface area contributed by atoms with Gasteiger partial charge in [0, 0.05) is 25.2 Å². The lowest BCUT2D eigenvalue weighted by molar-refractivity contribution is -0.129. The Morgan fingerprint density at radius 2 is 2.22 bits per heavy atom. The number of nitrogens with zero attached hydrogens (tertiary/aromatic N) is 1. The van der Waals surface area contributed by atoms with Crippen LogP contribution in [0.4, 0.5) is 4.39 Å². The third-order valence-corrected chi connectivity index (χ3v) is 4.45. The molecular weight excluding hydrogens is 319 g/mol.